The van der Waals surface area contributed by atoms with E-state index in [0.29, 0.717) is 23.8 Å². The molecule has 0 radical (unpaired) electrons. The molecule has 1 aromatic rings. The minimum Gasteiger partial charge on any atom is -0.481 e. The number of nitrogens with zero attached hydrogens (tertiary/aromatic N) is 2. The van der Waals surface area contributed by atoms with Crippen molar-refractivity contribution in [3.05, 3.63) is 12.3 Å². The van der Waals surface area contributed by atoms with Crippen LogP contribution in [0, 0.1) is 11.8 Å². The maximum atomic E-state index is 5.10. The second-order valence-corrected chi connectivity index (χ2v) is 4.78. The first kappa shape index (κ1) is 12.1. The average Bonchev–Trinajstić information content (AvgIpc) is 2.71. The molecule has 0 aliphatic heterocycles. The zero-order valence-electron chi connectivity index (χ0n) is 10.8. The minimum absolute atomic E-state index is 0.493. The molecular weight excluding hydrogens is 214 g/mol. The van der Waals surface area contributed by atoms with Crippen LogP contribution in [0.25, 0.3) is 0 Å². The summed E-state index contributed by atoms with van der Waals surface area (Å²) in [7, 11) is 1.62. The summed E-state index contributed by atoms with van der Waals surface area (Å²) in [6, 6.07) is 2.25. The van der Waals surface area contributed by atoms with E-state index >= 15 is 0 Å². The highest BCUT2D eigenvalue weighted by Crippen LogP contribution is 2.35. The molecule has 1 aliphatic carbocycles. The predicted octanol–water partition coefficient (Wildman–Crippen LogP) is 2.72. The summed E-state index contributed by atoms with van der Waals surface area (Å²) in [5, 5.41) is 3.43. The number of anilines is 1. The molecule has 0 spiro atoms. The van der Waals surface area contributed by atoms with Gasteiger partial charge in [0, 0.05) is 18.3 Å². The van der Waals surface area contributed by atoms with Gasteiger partial charge in [0.1, 0.15) is 0 Å². The smallest absolute Gasteiger partial charge is 0.226 e. The number of nitrogens with one attached hydrogen (secondary N) is 1. The van der Waals surface area contributed by atoms with Crippen LogP contribution in [-0.2, 0) is 0 Å². The first-order chi connectivity index (χ1) is 8.24. The zero-order valence-corrected chi connectivity index (χ0v) is 10.8. The molecule has 3 unspecified atom stereocenters. The van der Waals surface area contributed by atoms with Gasteiger partial charge in [-0.05, 0) is 24.7 Å². The van der Waals surface area contributed by atoms with Crippen LogP contribution in [0.5, 0.6) is 5.88 Å². The minimum atomic E-state index is 0.493. The Morgan fingerprint density at radius 2 is 2.29 bits per heavy atom. The van der Waals surface area contributed by atoms with E-state index < -0.39 is 0 Å². The second-order valence-electron chi connectivity index (χ2n) is 4.78. The van der Waals surface area contributed by atoms with Gasteiger partial charge in [-0.15, -0.1) is 0 Å². The second kappa shape index (κ2) is 5.34. The summed E-state index contributed by atoms with van der Waals surface area (Å²) < 4.78 is 5.10. The van der Waals surface area contributed by atoms with E-state index in [2.05, 4.69) is 29.1 Å². The van der Waals surface area contributed by atoms with Gasteiger partial charge in [0.05, 0.1) is 7.11 Å². The lowest BCUT2D eigenvalue weighted by atomic mass is 9.94. The largest absolute Gasteiger partial charge is 0.481 e. The highest BCUT2D eigenvalue weighted by molar-refractivity contribution is 5.29. The molecule has 94 valence electrons. The fourth-order valence-electron chi connectivity index (χ4n) is 2.72. The Hall–Kier alpha value is -1.32. The third-order valence-electron chi connectivity index (χ3n) is 3.90. The van der Waals surface area contributed by atoms with Crippen LogP contribution in [0.2, 0.25) is 0 Å². The van der Waals surface area contributed by atoms with Crippen molar-refractivity contribution in [2.24, 2.45) is 11.8 Å². The summed E-state index contributed by atoms with van der Waals surface area (Å²) in [5.74, 6) is 2.81. The maximum Gasteiger partial charge on any atom is 0.226 e. The lowest BCUT2D eigenvalue weighted by Crippen LogP contribution is -2.25. The first-order valence-electron chi connectivity index (χ1n) is 6.38. The number of ether oxygens (including phenoxy) is 1. The van der Waals surface area contributed by atoms with Crippen molar-refractivity contribution in [1.82, 2.24) is 9.97 Å². The van der Waals surface area contributed by atoms with Gasteiger partial charge in [-0.2, -0.15) is 4.98 Å². The van der Waals surface area contributed by atoms with Gasteiger partial charge in [-0.25, -0.2) is 4.98 Å². The van der Waals surface area contributed by atoms with E-state index in [4.69, 9.17) is 4.74 Å². The monoisotopic (exact) mass is 235 g/mol. The van der Waals surface area contributed by atoms with Gasteiger partial charge in [0.2, 0.25) is 11.8 Å². The molecule has 1 heterocycles. The van der Waals surface area contributed by atoms with Gasteiger partial charge in [0.25, 0.3) is 0 Å². The Balaban J connectivity index is 2.01. The summed E-state index contributed by atoms with van der Waals surface area (Å²) in [6.45, 7) is 4.59. The molecule has 17 heavy (non-hydrogen) atoms. The molecule has 2 rings (SSSR count). The van der Waals surface area contributed by atoms with Crippen molar-refractivity contribution in [2.45, 2.75) is 39.2 Å². The molecule has 0 saturated heterocycles. The van der Waals surface area contributed by atoms with Gasteiger partial charge in [-0.3, -0.25) is 0 Å². The predicted molar refractivity (Wildman–Crippen MR) is 68.2 cm³/mol. The highest BCUT2D eigenvalue weighted by Gasteiger charge is 2.31. The third-order valence-corrected chi connectivity index (χ3v) is 3.90. The number of hydrogen-bond donors (Lipinski definition) is 1. The summed E-state index contributed by atoms with van der Waals surface area (Å²) >= 11 is 0. The Kier molecular flexibility index (Phi) is 3.82. The normalized spacial score (nSPS) is 28.1. The van der Waals surface area contributed by atoms with Crippen LogP contribution in [0.1, 0.15) is 33.1 Å². The van der Waals surface area contributed by atoms with Gasteiger partial charge in [-0.1, -0.05) is 20.3 Å². The van der Waals surface area contributed by atoms with E-state index in [1.54, 1.807) is 19.4 Å². The van der Waals surface area contributed by atoms with E-state index in [0.717, 1.165) is 5.92 Å². The number of hydrogen-bond acceptors (Lipinski definition) is 4. The Morgan fingerprint density at radius 1 is 1.47 bits per heavy atom. The molecule has 1 saturated carbocycles. The molecule has 3 atom stereocenters. The van der Waals surface area contributed by atoms with Gasteiger partial charge < -0.3 is 10.1 Å². The van der Waals surface area contributed by atoms with Crippen LogP contribution < -0.4 is 10.1 Å². The summed E-state index contributed by atoms with van der Waals surface area (Å²) in [4.78, 5) is 8.53. The van der Waals surface area contributed by atoms with E-state index in [-0.39, 0.29) is 0 Å². The Bertz CT molecular complexity index is 369. The highest BCUT2D eigenvalue weighted by atomic mass is 16.5. The SMILES string of the molecule is CCC1CCC(Nc2nccc(OC)n2)C1C. The molecule has 1 aromatic heterocycles. The Morgan fingerprint density at radius 3 is 2.94 bits per heavy atom. The van der Waals surface area contributed by atoms with Crippen molar-refractivity contribution in [2.75, 3.05) is 12.4 Å². The molecule has 0 amide bonds. The van der Waals surface area contributed by atoms with Crippen LogP contribution in [0.15, 0.2) is 12.3 Å². The number of aromatic nitrogens is 2. The Labute approximate surface area is 103 Å². The molecule has 1 aliphatic rings. The summed E-state index contributed by atoms with van der Waals surface area (Å²) in [6.07, 6.45) is 5.50. The van der Waals surface area contributed by atoms with Crippen molar-refractivity contribution in [3.8, 4) is 5.88 Å². The zero-order chi connectivity index (χ0) is 12.3. The van der Waals surface area contributed by atoms with Crippen molar-refractivity contribution < 1.29 is 4.74 Å². The maximum absolute atomic E-state index is 5.10. The van der Waals surface area contributed by atoms with Crippen LogP contribution in [0.3, 0.4) is 0 Å². The van der Waals surface area contributed by atoms with E-state index in [9.17, 15) is 0 Å². The van der Waals surface area contributed by atoms with Crippen molar-refractivity contribution >= 4 is 5.95 Å². The average molecular weight is 235 g/mol. The van der Waals surface area contributed by atoms with Crippen molar-refractivity contribution in [1.29, 1.82) is 0 Å². The van der Waals surface area contributed by atoms with Crippen LogP contribution in [-0.4, -0.2) is 23.1 Å². The number of rotatable bonds is 4. The lowest BCUT2D eigenvalue weighted by molar-refractivity contribution is 0.388. The van der Waals surface area contributed by atoms with Crippen LogP contribution >= 0.6 is 0 Å². The molecule has 1 fully saturated rings. The quantitative estimate of drug-likeness (QED) is 0.871. The van der Waals surface area contributed by atoms with E-state index in [1.807, 2.05) is 0 Å². The summed E-state index contributed by atoms with van der Waals surface area (Å²) in [5.41, 5.74) is 0. The third kappa shape index (κ3) is 2.68. The fourth-order valence-corrected chi connectivity index (χ4v) is 2.72. The van der Waals surface area contributed by atoms with Gasteiger partial charge >= 0.3 is 0 Å². The van der Waals surface area contributed by atoms with E-state index in [1.165, 1.54) is 19.3 Å². The first-order valence-corrected chi connectivity index (χ1v) is 6.38. The lowest BCUT2D eigenvalue weighted by Gasteiger charge is -2.20. The molecular formula is C13H21N3O. The molecule has 0 aromatic carbocycles. The molecule has 0 bridgehead atoms. The fraction of sp³-hybridized carbons (Fsp3) is 0.692. The molecule has 1 N–H and O–H groups in total. The molecule has 4 nitrogen and oxygen atoms in total. The molecule has 4 heteroatoms. The number of methoxy groups -OCH3 is 1. The van der Waals surface area contributed by atoms with Gasteiger partial charge in [0.15, 0.2) is 0 Å². The topological polar surface area (TPSA) is 47.0 Å². The van der Waals surface area contributed by atoms with Crippen molar-refractivity contribution in [3.63, 3.8) is 0 Å². The van der Waals surface area contributed by atoms with Crippen LogP contribution in [0.4, 0.5) is 5.95 Å². The standard InChI is InChI=1S/C13H21N3O/c1-4-10-5-6-11(9(10)2)15-13-14-8-7-12(16-13)17-3/h7-11H,4-6H2,1-3H3,(H,14,15,16).